The molecule has 3 heteroatoms. The van der Waals surface area contributed by atoms with Gasteiger partial charge in [-0.2, -0.15) is 0 Å². The predicted molar refractivity (Wildman–Crippen MR) is 75.8 cm³/mol. The number of hydrogen-bond acceptors (Lipinski definition) is 2. The van der Waals surface area contributed by atoms with Crippen LogP contribution in [0.3, 0.4) is 0 Å². The molecule has 1 amide bonds. The lowest BCUT2D eigenvalue weighted by atomic mass is 9.49. The molecule has 5 rings (SSSR count). The fourth-order valence-corrected chi connectivity index (χ4v) is 5.49. The van der Waals surface area contributed by atoms with Crippen LogP contribution in [0.1, 0.15) is 44.3 Å². The van der Waals surface area contributed by atoms with Crippen LogP contribution in [0.4, 0.5) is 0 Å². The van der Waals surface area contributed by atoms with Gasteiger partial charge in [-0.25, -0.2) is 0 Å². The summed E-state index contributed by atoms with van der Waals surface area (Å²) in [7, 11) is 1.93. The van der Waals surface area contributed by atoms with E-state index in [2.05, 4.69) is 0 Å². The van der Waals surface area contributed by atoms with Crippen molar-refractivity contribution in [3.63, 3.8) is 0 Å². The highest BCUT2D eigenvalue weighted by Crippen LogP contribution is 2.60. The summed E-state index contributed by atoms with van der Waals surface area (Å²) >= 11 is 0. The Kier molecular flexibility index (Phi) is 2.73. The van der Waals surface area contributed by atoms with Crippen LogP contribution in [0, 0.1) is 23.2 Å². The first-order valence-electron chi connectivity index (χ1n) is 7.92. The van der Waals surface area contributed by atoms with Crippen LogP contribution in [0.5, 0.6) is 0 Å². The Morgan fingerprint density at radius 3 is 2.35 bits per heavy atom. The Hall–Kier alpha value is -1.25. The van der Waals surface area contributed by atoms with Gasteiger partial charge >= 0.3 is 0 Å². The number of furan rings is 1. The molecular formula is C17H23NO2. The molecule has 1 aromatic rings. The average molecular weight is 273 g/mol. The van der Waals surface area contributed by atoms with Crippen LogP contribution in [0.25, 0.3) is 0 Å². The third-order valence-corrected chi connectivity index (χ3v) is 5.81. The minimum absolute atomic E-state index is 0.0317. The van der Waals surface area contributed by atoms with Gasteiger partial charge in [0.1, 0.15) is 5.76 Å². The maximum atomic E-state index is 13.0. The number of rotatable bonds is 3. The van der Waals surface area contributed by atoms with Crippen LogP contribution in [0.15, 0.2) is 22.8 Å². The van der Waals surface area contributed by atoms with Crippen LogP contribution < -0.4 is 0 Å². The third kappa shape index (κ3) is 1.90. The van der Waals surface area contributed by atoms with Crippen molar-refractivity contribution in [3.05, 3.63) is 24.2 Å². The lowest BCUT2D eigenvalue weighted by molar-refractivity contribution is -0.157. The molecule has 4 fully saturated rings. The topological polar surface area (TPSA) is 33.5 Å². The molecule has 3 nitrogen and oxygen atoms in total. The van der Waals surface area contributed by atoms with Crippen molar-refractivity contribution in [1.82, 2.24) is 4.90 Å². The predicted octanol–water partition coefficient (Wildman–Crippen LogP) is 3.45. The van der Waals surface area contributed by atoms with Gasteiger partial charge in [-0.3, -0.25) is 4.79 Å². The Balaban J connectivity index is 1.53. The smallest absolute Gasteiger partial charge is 0.228 e. The average Bonchev–Trinajstić information content (AvgIpc) is 2.89. The molecule has 0 aliphatic heterocycles. The highest BCUT2D eigenvalue weighted by molar-refractivity contribution is 5.83. The summed E-state index contributed by atoms with van der Waals surface area (Å²) in [4.78, 5) is 14.9. The number of amides is 1. The number of carbonyl (C=O) groups is 1. The van der Waals surface area contributed by atoms with E-state index in [9.17, 15) is 4.79 Å². The zero-order chi connectivity index (χ0) is 13.7. The van der Waals surface area contributed by atoms with Crippen molar-refractivity contribution in [2.24, 2.45) is 23.2 Å². The molecule has 4 bridgehead atoms. The molecule has 4 aliphatic rings. The number of carbonyl (C=O) groups excluding carboxylic acids is 1. The van der Waals surface area contributed by atoms with Crippen LogP contribution in [-0.4, -0.2) is 17.9 Å². The lowest BCUT2D eigenvalue weighted by Gasteiger charge is -2.56. The van der Waals surface area contributed by atoms with Crippen molar-refractivity contribution < 1.29 is 9.21 Å². The van der Waals surface area contributed by atoms with Gasteiger partial charge in [-0.15, -0.1) is 0 Å². The van der Waals surface area contributed by atoms with Crippen LogP contribution >= 0.6 is 0 Å². The van der Waals surface area contributed by atoms with Gasteiger partial charge in [0.2, 0.25) is 5.91 Å². The minimum atomic E-state index is -0.0317. The standard InChI is InChI=1S/C17H23NO2/c1-18(11-15-3-2-4-20-15)16(19)17-8-12-5-13(9-17)7-14(6-12)10-17/h2-4,12-14H,5-11H2,1H3. The first-order chi connectivity index (χ1) is 9.64. The quantitative estimate of drug-likeness (QED) is 0.845. The lowest BCUT2D eigenvalue weighted by Crippen LogP contribution is -2.53. The third-order valence-electron chi connectivity index (χ3n) is 5.81. The first kappa shape index (κ1) is 12.5. The van der Waals surface area contributed by atoms with Crippen molar-refractivity contribution in [1.29, 1.82) is 0 Å². The molecule has 0 radical (unpaired) electrons. The van der Waals surface area contributed by atoms with Gasteiger partial charge in [0.25, 0.3) is 0 Å². The number of nitrogens with zero attached hydrogens (tertiary/aromatic N) is 1. The molecule has 0 unspecified atom stereocenters. The second-order valence-electron chi connectivity index (χ2n) is 7.44. The van der Waals surface area contributed by atoms with Gasteiger partial charge in [-0.1, -0.05) is 0 Å². The molecule has 0 spiro atoms. The molecule has 0 aromatic carbocycles. The summed E-state index contributed by atoms with van der Waals surface area (Å²) in [5.41, 5.74) is -0.0317. The molecular weight excluding hydrogens is 250 g/mol. The van der Waals surface area contributed by atoms with E-state index in [1.54, 1.807) is 6.26 Å². The number of hydrogen-bond donors (Lipinski definition) is 0. The molecule has 0 N–H and O–H groups in total. The maximum absolute atomic E-state index is 13.0. The first-order valence-corrected chi connectivity index (χ1v) is 7.92. The Morgan fingerprint density at radius 1 is 1.25 bits per heavy atom. The molecule has 4 aliphatic carbocycles. The monoisotopic (exact) mass is 273 g/mol. The van der Waals surface area contributed by atoms with E-state index in [0.29, 0.717) is 12.5 Å². The normalized spacial score (nSPS) is 38.1. The second kappa shape index (κ2) is 4.37. The zero-order valence-corrected chi connectivity index (χ0v) is 12.2. The molecule has 4 saturated carbocycles. The van der Waals surface area contributed by atoms with Gasteiger partial charge in [0, 0.05) is 7.05 Å². The molecule has 1 aromatic heterocycles. The van der Waals surface area contributed by atoms with Crippen molar-refractivity contribution >= 4 is 5.91 Å². The minimum Gasteiger partial charge on any atom is -0.467 e. The second-order valence-corrected chi connectivity index (χ2v) is 7.44. The fourth-order valence-electron chi connectivity index (χ4n) is 5.49. The van der Waals surface area contributed by atoms with Crippen LogP contribution in [0.2, 0.25) is 0 Å². The fraction of sp³-hybridized carbons (Fsp3) is 0.706. The summed E-state index contributed by atoms with van der Waals surface area (Å²) in [5, 5.41) is 0. The van der Waals surface area contributed by atoms with E-state index in [0.717, 1.165) is 42.8 Å². The summed E-state index contributed by atoms with van der Waals surface area (Å²) in [6.45, 7) is 0.605. The Bertz CT molecular complexity index is 470. The van der Waals surface area contributed by atoms with Gasteiger partial charge in [0.15, 0.2) is 0 Å². The van der Waals surface area contributed by atoms with Crippen molar-refractivity contribution in [2.75, 3.05) is 7.05 Å². The molecule has 0 saturated heterocycles. The van der Waals surface area contributed by atoms with Crippen molar-refractivity contribution in [3.8, 4) is 0 Å². The summed E-state index contributed by atoms with van der Waals surface area (Å²) in [5.74, 6) is 3.71. The highest BCUT2D eigenvalue weighted by Gasteiger charge is 2.55. The van der Waals surface area contributed by atoms with Gasteiger partial charge in [0.05, 0.1) is 18.2 Å². The van der Waals surface area contributed by atoms with E-state index < -0.39 is 0 Å². The van der Waals surface area contributed by atoms with Crippen LogP contribution in [-0.2, 0) is 11.3 Å². The van der Waals surface area contributed by atoms with Gasteiger partial charge < -0.3 is 9.32 Å². The van der Waals surface area contributed by atoms with Gasteiger partial charge in [-0.05, 0) is 68.4 Å². The largest absolute Gasteiger partial charge is 0.467 e. The summed E-state index contributed by atoms with van der Waals surface area (Å²) < 4.78 is 5.38. The SMILES string of the molecule is CN(Cc1ccco1)C(=O)C12CC3CC(CC(C3)C1)C2. The summed E-state index contributed by atoms with van der Waals surface area (Å²) in [6.07, 6.45) is 9.25. The van der Waals surface area contributed by atoms with Crippen molar-refractivity contribution in [2.45, 2.75) is 45.1 Å². The molecule has 20 heavy (non-hydrogen) atoms. The van der Waals surface area contributed by atoms with E-state index in [4.69, 9.17) is 4.42 Å². The molecule has 0 atom stereocenters. The Morgan fingerprint density at radius 2 is 1.85 bits per heavy atom. The van der Waals surface area contributed by atoms with E-state index in [-0.39, 0.29) is 5.41 Å². The maximum Gasteiger partial charge on any atom is 0.228 e. The van der Waals surface area contributed by atoms with E-state index in [1.807, 2.05) is 24.1 Å². The summed E-state index contributed by atoms with van der Waals surface area (Å²) in [6, 6.07) is 3.84. The van der Waals surface area contributed by atoms with E-state index >= 15 is 0 Å². The van der Waals surface area contributed by atoms with E-state index in [1.165, 1.54) is 19.3 Å². The highest BCUT2D eigenvalue weighted by atomic mass is 16.3. The zero-order valence-electron chi connectivity index (χ0n) is 12.2. The molecule has 1 heterocycles. The molecule has 108 valence electrons. The Labute approximate surface area is 120 Å².